The monoisotopic (exact) mass is 428 g/mol. The van der Waals surface area contributed by atoms with Crippen LogP contribution in [-0.2, 0) is 4.74 Å². The molecule has 0 unspecified atom stereocenters. The molecule has 1 heterocycles. The lowest BCUT2D eigenvalue weighted by molar-refractivity contribution is -0.262. The van der Waals surface area contributed by atoms with Gasteiger partial charge in [-0.25, -0.2) is 0 Å². The van der Waals surface area contributed by atoms with Gasteiger partial charge in [0.1, 0.15) is 0 Å². The molecule has 1 saturated heterocycles. The lowest BCUT2D eigenvalue weighted by Crippen LogP contribution is -2.62. The molecule has 8 atom stereocenters. The first-order valence-corrected chi connectivity index (χ1v) is 14.0. The van der Waals surface area contributed by atoms with Gasteiger partial charge in [0.25, 0.3) is 0 Å². The zero-order valence-electron chi connectivity index (χ0n) is 22.2. The summed E-state index contributed by atoms with van der Waals surface area (Å²) in [6.07, 6.45) is 16.7. The topological polar surface area (TPSA) is 9.23 Å². The Morgan fingerprint density at radius 2 is 0.839 bits per heavy atom. The van der Waals surface area contributed by atoms with E-state index >= 15 is 0 Å². The van der Waals surface area contributed by atoms with Crippen molar-refractivity contribution in [1.82, 2.24) is 0 Å². The third-order valence-corrected chi connectivity index (χ3v) is 12.7. The van der Waals surface area contributed by atoms with Gasteiger partial charge in [0.15, 0.2) is 0 Å². The molecule has 1 aliphatic heterocycles. The quantitative estimate of drug-likeness (QED) is 0.374. The number of hydrogen-bond acceptors (Lipinski definition) is 1. The van der Waals surface area contributed by atoms with Crippen molar-refractivity contribution in [2.75, 3.05) is 0 Å². The average Bonchev–Trinajstić information content (AvgIpc) is 2.74. The second-order valence-electron chi connectivity index (χ2n) is 15.3. The minimum absolute atomic E-state index is 0.0789. The van der Waals surface area contributed by atoms with Crippen molar-refractivity contribution in [1.29, 1.82) is 0 Å². The fourth-order valence-electron chi connectivity index (χ4n) is 11.6. The number of ether oxygens (including phenoxy) is 1. The molecule has 0 aromatic heterocycles. The highest BCUT2D eigenvalue weighted by Crippen LogP contribution is 2.69. The predicted molar refractivity (Wildman–Crippen MR) is 131 cm³/mol. The van der Waals surface area contributed by atoms with Gasteiger partial charge < -0.3 is 4.74 Å². The third-order valence-electron chi connectivity index (χ3n) is 12.7. The van der Waals surface area contributed by atoms with E-state index in [0.29, 0.717) is 21.7 Å². The molecule has 0 radical (unpaired) electrons. The Kier molecular flexibility index (Phi) is 4.96. The van der Waals surface area contributed by atoms with E-state index in [2.05, 4.69) is 55.4 Å². The van der Waals surface area contributed by atoms with E-state index in [0.717, 1.165) is 23.7 Å². The zero-order valence-corrected chi connectivity index (χ0v) is 22.2. The van der Waals surface area contributed by atoms with Gasteiger partial charge in [0, 0.05) is 0 Å². The molecule has 1 nitrogen and oxygen atoms in total. The predicted octanol–water partition coefficient (Wildman–Crippen LogP) is 8.80. The van der Waals surface area contributed by atoms with Crippen LogP contribution in [0.5, 0.6) is 0 Å². The molecular formula is C30H52O. The van der Waals surface area contributed by atoms with Gasteiger partial charge in [-0.05, 0) is 123 Å². The minimum Gasteiger partial charge on any atom is -0.369 e. The van der Waals surface area contributed by atoms with Crippen LogP contribution in [0.1, 0.15) is 132 Å². The van der Waals surface area contributed by atoms with Crippen molar-refractivity contribution in [3.63, 3.8) is 0 Å². The maximum absolute atomic E-state index is 7.56. The summed E-state index contributed by atoms with van der Waals surface area (Å²) in [5.41, 5.74) is 2.09. The van der Waals surface area contributed by atoms with Crippen LogP contribution in [0.3, 0.4) is 0 Å². The second-order valence-corrected chi connectivity index (χ2v) is 15.3. The average molecular weight is 429 g/mol. The minimum atomic E-state index is 0.0789. The normalized spacial score (nSPS) is 55.7. The van der Waals surface area contributed by atoms with Crippen LogP contribution < -0.4 is 0 Å². The van der Waals surface area contributed by atoms with E-state index in [1.165, 1.54) is 77.0 Å². The highest BCUT2D eigenvalue weighted by Gasteiger charge is 2.65. The molecule has 0 spiro atoms. The molecule has 178 valence electrons. The van der Waals surface area contributed by atoms with Gasteiger partial charge in [0.2, 0.25) is 0 Å². The molecule has 1 heteroatoms. The molecule has 0 bridgehead atoms. The summed E-state index contributed by atoms with van der Waals surface area (Å²) in [4.78, 5) is 0. The van der Waals surface area contributed by atoms with E-state index in [1.54, 1.807) is 0 Å². The SMILES string of the molecule is CC1(C)CCC[C@@]2(C)[C@H]1CC[C@@]1(C)O[C@]3(C)CC[C@H]4C(C)(C)CCC[C@]4(C)[C@H]3CC[C@@H]21. The first-order valence-electron chi connectivity index (χ1n) is 14.0. The third kappa shape index (κ3) is 3.10. The van der Waals surface area contributed by atoms with Gasteiger partial charge >= 0.3 is 0 Å². The number of fused-ring (bicyclic) bond motifs is 6. The molecule has 5 aliphatic rings. The van der Waals surface area contributed by atoms with Gasteiger partial charge in [-0.3, -0.25) is 0 Å². The molecule has 5 rings (SSSR count). The molecular weight excluding hydrogens is 376 g/mol. The van der Waals surface area contributed by atoms with Crippen LogP contribution in [0.15, 0.2) is 0 Å². The van der Waals surface area contributed by atoms with Crippen LogP contribution in [-0.4, -0.2) is 11.2 Å². The van der Waals surface area contributed by atoms with Crippen molar-refractivity contribution in [3.8, 4) is 0 Å². The van der Waals surface area contributed by atoms with E-state index in [-0.39, 0.29) is 11.2 Å². The molecule has 4 aliphatic carbocycles. The lowest BCUT2D eigenvalue weighted by Gasteiger charge is -2.64. The number of hydrogen-bond donors (Lipinski definition) is 0. The van der Waals surface area contributed by atoms with Gasteiger partial charge in [0.05, 0.1) is 11.2 Å². The van der Waals surface area contributed by atoms with Crippen LogP contribution in [0.2, 0.25) is 0 Å². The van der Waals surface area contributed by atoms with E-state index in [4.69, 9.17) is 4.74 Å². The van der Waals surface area contributed by atoms with Gasteiger partial charge in [-0.2, -0.15) is 0 Å². The largest absolute Gasteiger partial charge is 0.369 e. The highest BCUT2D eigenvalue weighted by atomic mass is 16.5. The maximum Gasteiger partial charge on any atom is 0.0695 e. The summed E-state index contributed by atoms with van der Waals surface area (Å²) in [5, 5.41) is 0. The number of rotatable bonds is 0. The standard InChI is InChI=1S/C30H52O/c1-25(2)15-9-17-27(5)21(25)13-19-29(7)23(27)11-12-24-28(6)18-10-16-26(3,4)22(28)14-20-30(24,8)31-29/h21-24H,9-20H2,1-8H3/t21-,22-,23-,24+,27-,28-,29+,30+/m0/s1. The molecule has 31 heavy (non-hydrogen) atoms. The van der Waals surface area contributed by atoms with E-state index in [1.807, 2.05) is 0 Å². The maximum atomic E-state index is 7.56. The summed E-state index contributed by atoms with van der Waals surface area (Å²) in [5.74, 6) is 3.22. The first kappa shape index (κ1) is 22.7. The first-order chi connectivity index (χ1) is 14.3. The van der Waals surface area contributed by atoms with E-state index < -0.39 is 0 Å². The molecule has 0 N–H and O–H groups in total. The molecule has 0 aromatic carbocycles. The van der Waals surface area contributed by atoms with Crippen molar-refractivity contribution in [2.24, 2.45) is 45.3 Å². The Hall–Kier alpha value is -0.0400. The Bertz CT molecular complexity index is 662. The highest BCUT2D eigenvalue weighted by molar-refractivity contribution is 5.14. The van der Waals surface area contributed by atoms with Crippen LogP contribution in [0.25, 0.3) is 0 Å². The summed E-state index contributed by atoms with van der Waals surface area (Å²) >= 11 is 0. The summed E-state index contributed by atoms with van der Waals surface area (Å²) in [6, 6.07) is 0. The molecule has 0 aromatic rings. The zero-order chi connectivity index (χ0) is 22.5. The van der Waals surface area contributed by atoms with Gasteiger partial charge in [-0.15, -0.1) is 0 Å². The van der Waals surface area contributed by atoms with Crippen molar-refractivity contribution < 1.29 is 4.74 Å². The van der Waals surface area contributed by atoms with E-state index in [9.17, 15) is 0 Å². The fourth-order valence-corrected chi connectivity index (χ4v) is 11.6. The Labute approximate surface area is 193 Å². The van der Waals surface area contributed by atoms with Gasteiger partial charge in [-0.1, -0.05) is 54.4 Å². The molecule has 4 saturated carbocycles. The smallest absolute Gasteiger partial charge is 0.0695 e. The summed E-state index contributed by atoms with van der Waals surface area (Å²) in [7, 11) is 0. The Morgan fingerprint density at radius 1 is 0.452 bits per heavy atom. The van der Waals surface area contributed by atoms with Crippen molar-refractivity contribution in [2.45, 2.75) is 144 Å². The fraction of sp³-hybridized carbons (Fsp3) is 1.00. The summed E-state index contributed by atoms with van der Waals surface area (Å²) < 4.78 is 7.56. The van der Waals surface area contributed by atoms with Crippen LogP contribution in [0.4, 0.5) is 0 Å². The lowest BCUT2D eigenvalue weighted by atomic mass is 9.44. The van der Waals surface area contributed by atoms with Crippen LogP contribution >= 0.6 is 0 Å². The van der Waals surface area contributed by atoms with Crippen LogP contribution in [0, 0.1) is 45.3 Å². The Balaban J connectivity index is 1.52. The Morgan fingerprint density at radius 3 is 1.23 bits per heavy atom. The van der Waals surface area contributed by atoms with Crippen molar-refractivity contribution in [3.05, 3.63) is 0 Å². The molecule has 0 amide bonds. The van der Waals surface area contributed by atoms with Crippen molar-refractivity contribution >= 4 is 0 Å². The molecule has 5 fully saturated rings. The summed E-state index contributed by atoms with van der Waals surface area (Å²) in [6.45, 7) is 20.8. The second kappa shape index (κ2) is 6.76.